The third-order valence-corrected chi connectivity index (χ3v) is 4.88. The van der Waals surface area contributed by atoms with Gasteiger partial charge < -0.3 is 29.4 Å². The van der Waals surface area contributed by atoms with Crippen LogP contribution in [0, 0.1) is 0 Å². The topological polar surface area (TPSA) is 154 Å². The van der Waals surface area contributed by atoms with Crippen LogP contribution in [-0.4, -0.2) is 63.7 Å². The number of nitrogen functional groups attached to an aromatic ring is 1. The van der Waals surface area contributed by atoms with Crippen molar-refractivity contribution in [2.75, 3.05) is 12.3 Å². The number of fused-ring (bicyclic) bond motifs is 2. The molecule has 4 rings (SSSR count). The molecule has 2 aliphatic rings. The van der Waals surface area contributed by atoms with Crippen LogP contribution in [0.25, 0.3) is 5.52 Å². The third kappa shape index (κ3) is 4.24. The normalized spacial score (nSPS) is 26.0. The van der Waals surface area contributed by atoms with Gasteiger partial charge in [-0.2, -0.15) is 5.10 Å². The molecule has 2 saturated heterocycles. The Morgan fingerprint density at radius 1 is 1.23 bits per heavy atom. The Morgan fingerprint density at radius 3 is 2.65 bits per heavy atom. The summed E-state index contributed by atoms with van der Waals surface area (Å²) in [6.07, 6.45) is -3.91. The van der Waals surface area contributed by atoms with Gasteiger partial charge in [-0.05, 0) is 26.0 Å². The van der Waals surface area contributed by atoms with Crippen LogP contribution in [0.2, 0.25) is 0 Å². The fraction of sp³-hybridized carbons (Fsp3) is 0.526. The number of esters is 2. The zero-order valence-electron chi connectivity index (χ0n) is 16.9. The van der Waals surface area contributed by atoms with Crippen LogP contribution in [-0.2, 0) is 33.3 Å². The molecule has 166 valence electrons. The predicted octanol–water partition coefficient (Wildman–Crippen LogP) is 0.930. The molecule has 2 aromatic rings. The molecule has 4 unspecified atom stereocenters. The SMILES string of the molecule is CC(C)OC(=O)OCC1OC(c2ccc3c(N)ncnn23)C2OC(=O)CCC(=O)OC12. The van der Waals surface area contributed by atoms with Gasteiger partial charge in [0.05, 0.1) is 24.6 Å². The summed E-state index contributed by atoms with van der Waals surface area (Å²) in [6, 6.07) is 3.40. The molecule has 2 N–H and O–H groups in total. The lowest BCUT2D eigenvalue weighted by Crippen LogP contribution is -2.42. The van der Waals surface area contributed by atoms with Crippen molar-refractivity contribution in [3.8, 4) is 0 Å². The molecular weight excluding hydrogens is 412 g/mol. The molecule has 0 radical (unpaired) electrons. The third-order valence-electron chi connectivity index (χ3n) is 4.88. The van der Waals surface area contributed by atoms with Gasteiger partial charge in [0.1, 0.15) is 30.7 Å². The van der Waals surface area contributed by atoms with E-state index in [4.69, 9.17) is 29.4 Å². The van der Waals surface area contributed by atoms with Gasteiger partial charge in [-0.1, -0.05) is 0 Å². The average Bonchev–Trinajstić information content (AvgIpc) is 3.26. The van der Waals surface area contributed by atoms with Crippen molar-refractivity contribution in [2.45, 2.75) is 57.2 Å². The highest BCUT2D eigenvalue weighted by atomic mass is 16.7. The van der Waals surface area contributed by atoms with Gasteiger partial charge in [0, 0.05) is 0 Å². The maximum atomic E-state index is 12.2. The first-order valence-electron chi connectivity index (χ1n) is 9.79. The van der Waals surface area contributed by atoms with Gasteiger partial charge in [0.25, 0.3) is 0 Å². The van der Waals surface area contributed by atoms with E-state index in [1.54, 1.807) is 26.0 Å². The van der Waals surface area contributed by atoms with Crippen molar-refractivity contribution in [2.24, 2.45) is 0 Å². The minimum atomic E-state index is -0.988. The van der Waals surface area contributed by atoms with Crippen LogP contribution < -0.4 is 5.73 Å². The summed E-state index contributed by atoms with van der Waals surface area (Å²) >= 11 is 0. The lowest BCUT2D eigenvalue weighted by Gasteiger charge is -2.26. The van der Waals surface area contributed by atoms with Crippen molar-refractivity contribution in [1.29, 1.82) is 0 Å². The van der Waals surface area contributed by atoms with E-state index in [0.717, 1.165) is 0 Å². The highest BCUT2D eigenvalue weighted by molar-refractivity contribution is 5.78. The fourth-order valence-electron chi connectivity index (χ4n) is 3.56. The lowest BCUT2D eigenvalue weighted by molar-refractivity contribution is -0.174. The van der Waals surface area contributed by atoms with Crippen LogP contribution in [0.15, 0.2) is 18.5 Å². The van der Waals surface area contributed by atoms with Crippen molar-refractivity contribution in [3.05, 3.63) is 24.2 Å². The number of anilines is 1. The maximum absolute atomic E-state index is 12.2. The summed E-state index contributed by atoms with van der Waals surface area (Å²) in [6.45, 7) is 3.09. The second-order valence-electron chi connectivity index (χ2n) is 7.43. The molecular formula is C19H22N4O8. The van der Waals surface area contributed by atoms with E-state index >= 15 is 0 Å². The average molecular weight is 434 g/mol. The molecule has 4 heterocycles. The second kappa shape index (κ2) is 8.38. The molecule has 2 aliphatic heterocycles. The number of hydrogen-bond acceptors (Lipinski definition) is 11. The number of carbonyl (C=O) groups is 3. The number of rotatable bonds is 4. The van der Waals surface area contributed by atoms with Crippen LogP contribution in [0.4, 0.5) is 10.6 Å². The number of carbonyl (C=O) groups excluding carboxylic acids is 3. The molecule has 2 fully saturated rings. The first kappa shape index (κ1) is 20.8. The van der Waals surface area contributed by atoms with E-state index in [-0.39, 0.29) is 31.4 Å². The molecule has 0 spiro atoms. The van der Waals surface area contributed by atoms with Gasteiger partial charge in [-0.15, -0.1) is 0 Å². The molecule has 0 saturated carbocycles. The summed E-state index contributed by atoms with van der Waals surface area (Å²) < 4.78 is 28.7. The number of hydrogen-bond donors (Lipinski definition) is 1. The Kier molecular flexibility index (Phi) is 5.63. The van der Waals surface area contributed by atoms with E-state index < -0.39 is 42.5 Å². The standard InChI is InChI=1S/C19H22N4O8/c1-9(2)28-19(26)27-7-12-16-17(31-14(25)6-5-13(24)30-16)15(29-12)10-3-4-11-18(20)21-8-22-23(10)11/h3-4,8-9,12,15-17H,5-7H2,1-2H3,(H2,20,21,22). The van der Waals surface area contributed by atoms with Crippen LogP contribution in [0.5, 0.6) is 0 Å². The van der Waals surface area contributed by atoms with E-state index in [2.05, 4.69) is 10.1 Å². The van der Waals surface area contributed by atoms with E-state index in [0.29, 0.717) is 11.2 Å². The first-order valence-corrected chi connectivity index (χ1v) is 9.79. The molecule has 0 amide bonds. The number of nitrogens with zero attached hydrogens (tertiary/aromatic N) is 3. The molecule has 12 heteroatoms. The monoisotopic (exact) mass is 434 g/mol. The quantitative estimate of drug-likeness (QED) is 0.540. The Labute approximate surface area is 176 Å². The molecule has 0 aromatic carbocycles. The minimum Gasteiger partial charge on any atom is -0.455 e. The smallest absolute Gasteiger partial charge is 0.455 e. The highest BCUT2D eigenvalue weighted by Gasteiger charge is 2.52. The highest BCUT2D eigenvalue weighted by Crippen LogP contribution is 2.39. The van der Waals surface area contributed by atoms with Crippen LogP contribution >= 0.6 is 0 Å². The molecule has 31 heavy (non-hydrogen) atoms. The second-order valence-corrected chi connectivity index (χ2v) is 7.43. The van der Waals surface area contributed by atoms with E-state index in [9.17, 15) is 14.4 Å². The Balaban J connectivity index is 1.64. The number of aromatic nitrogens is 3. The van der Waals surface area contributed by atoms with Crippen molar-refractivity contribution in [1.82, 2.24) is 14.6 Å². The van der Waals surface area contributed by atoms with E-state index in [1.807, 2.05) is 0 Å². The number of nitrogens with two attached hydrogens (primary N) is 1. The van der Waals surface area contributed by atoms with Gasteiger partial charge >= 0.3 is 18.1 Å². The molecule has 12 nitrogen and oxygen atoms in total. The fourth-order valence-corrected chi connectivity index (χ4v) is 3.56. The maximum Gasteiger partial charge on any atom is 0.508 e. The van der Waals surface area contributed by atoms with Crippen molar-refractivity contribution in [3.63, 3.8) is 0 Å². The zero-order valence-corrected chi connectivity index (χ0v) is 16.9. The summed E-state index contributed by atoms with van der Waals surface area (Å²) in [7, 11) is 0. The minimum absolute atomic E-state index is 0.110. The summed E-state index contributed by atoms with van der Waals surface area (Å²) in [5.41, 5.74) is 6.94. The Hall–Kier alpha value is -3.41. The molecule has 0 bridgehead atoms. The molecule has 4 atom stereocenters. The Morgan fingerprint density at radius 2 is 1.94 bits per heavy atom. The Bertz CT molecular complexity index is 1010. The molecule has 0 aliphatic carbocycles. The lowest BCUT2D eigenvalue weighted by atomic mass is 10.0. The van der Waals surface area contributed by atoms with Crippen molar-refractivity contribution >= 4 is 29.4 Å². The van der Waals surface area contributed by atoms with Crippen molar-refractivity contribution < 1.29 is 38.1 Å². The van der Waals surface area contributed by atoms with Gasteiger partial charge in [0.15, 0.2) is 18.0 Å². The zero-order chi connectivity index (χ0) is 22.1. The van der Waals surface area contributed by atoms with Gasteiger partial charge in [-0.3, -0.25) is 9.59 Å². The summed E-state index contributed by atoms with van der Waals surface area (Å²) in [4.78, 5) is 40.1. The van der Waals surface area contributed by atoms with Gasteiger partial charge in [0.2, 0.25) is 0 Å². The van der Waals surface area contributed by atoms with Crippen LogP contribution in [0.3, 0.4) is 0 Å². The van der Waals surface area contributed by atoms with Crippen LogP contribution in [0.1, 0.15) is 38.5 Å². The summed E-state index contributed by atoms with van der Waals surface area (Å²) in [5.74, 6) is -0.874. The predicted molar refractivity (Wildman–Crippen MR) is 102 cm³/mol. The largest absolute Gasteiger partial charge is 0.508 e. The first-order chi connectivity index (χ1) is 14.8. The summed E-state index contributed by atoms with van der Waals surface area (Å²) in [5, 5.41) is 4.18. The molecule has 2 aromatic heterocycles. The van der Waals surface area contributed by atoms with E-state index in [1.165, 1.54) is 10.8 Å². The number of ether oxygens (including phenoxy) is 5. The van der Waals surface area contributed by atoms with Gasteiger partial charge in [-0.25, -0.2) is 14.3 Å².